The lowest BCUT2D eigenvalue weighted by Gasteiger charge is -2.12. The van der Waals surface area contributed by atoms with Crippen LogP contribution in [0.5, 0.6) is 0 Å². The molecular formula is C29H58N10O4. The largest absolute Gasteiger partial charge is 0.370 e. The van der Waals surface area contributed by atoms with E-state index in [9.17, 15) is 19.2 Å². The molecule has 0 saturated heterocycles. The first-order valence-electron chi connectivity index (χ1n) is 15.0. The van der Waals surface area contributed by atoms with Gasteiger partial charge in [-0.3, -0.25) is 24.2 Å². The van der Waals surface area contributed by atoms with Crippen molar-refractivity contribution >= 4 is 29.2 Å². The molecule has 0 aliphatic carbocycles. The Kier molecular flexibility index (Phi) is 26.9. The number of rotatable bonds is 21. The van der Waals surface area contributed by atoms with Crippen molar-refractivity contribution in [2.45, 2.75) is 96.7 Å². The lowest BCUT2D eigenvalue weighted by atomic mass is 10.1. The fourth-order valence-corrected chi connectivity index (χ4v) is 3.97. The number of nitrogens with two attached hydrogens (primary N) is 3. The standard InChI is InChI=1S/C13H22N4O2.C8H18N4O.C8H18N2O/c1-10(18)12(14-2)5-3-4-6-16-13(19)7-11-8-15-9-17-11;1-6(13)7(11-2)4-3-5-12-8(9)10;1-7(11)8(10-2)5-3-4-6-9/h8-9,12,14H,3-7H2,1-2H3,(H,15,17)(H,16,19);7,11H,3-5H2,1-2H3,(H4,9,10,12);8,10H,3-6,9H2,1-2H3. The van der Waals surface area contributed by atoms with Gasteiger partial charge in [0.2, 0.25) is 5.91 Å². The monoisotopic (exact) mass is 610 g/mol. The summed E-state index contributed by atoms with van der Waals surface area (Å²) in [6.45, 7) is 6.71. The number of hydrogen-bond donors (Lipinski definition) is 8. The molecule has 0 fully saturated rings. The van der Waals surface area contributed by atoms with E-state index in [1.807, 2.05) is 7.05 Å². The number of aliphatic imine (C=N–C) groups is 1. The van der Waals surface area contributed by atoms with Gasteiger partial charge in [0.15, 0.2) is 5.96 Å². The van der Waals surface area contributed by atoms with Crippen LogP contribution in [0.25, 0.3) is 0 Å². The minimum atomic E-state index is -0.0748. The van der Waals surface area contributed by atoms with E-state index in [2.05, 4.69) is 36.2 Å². The Hall–Kier alpha value is -3.20. The number of carbonyl (C=O) groups excluding carboxylic acids is 4. The third-order valence-electron chi connectivity index (χ3n) is 6.56. The molecule has 0 saturated carbocycles. The van der Waals surface area contributed by atoms with Gasteiger partial charge in [0.05, 0.1) is 30.9 Å². The Morgan fingerprint density at radius 2 is 1.30 bits per heavy atom. The highest BCUT2D eigenvalue weighted by atomic mass is 16.2. The number of nitrogens with zero attached hydrogens (tertiary/aromatic N) is 2. The van der Waals surface area contributed by atoms with Crippen LogP contribution in [0.3, 0.4) is 0 Å². The maximum atomic E-state index is 11.5. The van der Waals surface area contributed by atoms with Gasteiger partial charge in [0.1, 0.15) is 17.3 Å². The van der Waals surface area contributed by atoms with Gasteiger partial charge in [-0.05, 0) is 93.4 Å². The number of aromatic amines is 1. The zero-order valence-electron chi connectivity index (χ0n) is 27.1. The van der Waals surface area contributed by atoms with Gasteiger partial charge in [0, 0.05) is 25.0 Å². The van der Waals surface area contributed by atoms with Crippen molar-refractivity contribution in [1.82, 2.24) is 31.2 Å². The molecule has 1 amide bonds. The molecule has 0 spiro atoms. The molecule has 1 aromatic heterocycles. The second kappa shape index (κ2) is 27.6. The quantitative estimate of drug-likeness (QED) is 0.0521. The molecule has 43 heavy (non-hydrogen) atoms. The summed E-state index contributed by atoms with van der Waals surface area (Å²) in [6, 6.07) is -0.114. The van der Waals surface area contributed by atoms with Gasteiger partial charge < -0.3 is 43.5 Å². The number of imidazole rings is 1. The molecule has 0 aromatic carbocycles. The molecule has 3 unspecified atom stereocenters. The molecule has 1 rings (SSSR count). The van der Waals surface area contributed by atoms with Crippen molar-refractivity contribution in [2.24, 2.45) is 22.2 Å². The average molecular weight is 611 g/mol. The Bertz CT molecular complexity index is 905. The van der Waals surface area contributed by atoms with Crippen LogP contribution in [0, 0.1) is 0 Å². The summed E-state index contributed by atoms with van der Waals surface area (Å²) in [6.07, 6.45) is 10.6. The predicted molar refractivity (Wildman–Crippen MR) is 173 cm³/mol. The van der Waals surface area contributed by atoms with Crippen molar-refractivity contribution in [3.8, 4) is 0 Å². The molecule has 0 aliphatic rings. The third-order valence-corrected chi connectivity index (χ3v) is 6.56. The minimum Gasteiger partial charge on any atom is -0.370 e. The Labute approximate surface area is 257 Å². The second-order valence-corrected chi connectivity index (χ2v) is 10.2. The topological polar surface area (TPSA) is 236 Å². The molecule has 0 bridgehead atoms. The fourth-order valence-electron chi connectivity index (χ4n) is 3.97. The Morgan fingerprint density at radius 3 is 1.70 bits per heavy atom. The van der Waals surface area contributed by atoms with Crippen LogP contribution in [0.1, 0.15) is 77.8 Å². The highest BCUT2D eigenvalue weighted by molar-refractivity contribution is 5.82. The first kappa shape index (κ1) is 41.9. The number of unbranched alkanes of at least 4 members (excludes halogenated alkanes) is 2. The number of amides is 1. The van der Waals surface area contributed by atoms with E-state index in [4.69, 9.17) is 17.2 Å². The molecule has 248 valence electrons. The van der Waals surface area contributed by atoms with E-state index < -0.39 is 0 Å². The number of carbonyl (C=O) groups is 4. The van der Waals surface area contributed by atoms with Gasteiger partial charge in [-0.25, -0.2) is 4.98 Å². The number of hydrogen-bond acceptors (Lipinski definition) is 10. The molecular weight excluding hydrogens is 552 g/mol. The summed E-state index contributed by atoms with van der Waals surface area (Å²) < 4.78 is 0. The maximum absolute atomic E-state index is 11.5. The van der Waals surface area contributed by atoms with Crippen LogP contribution in [-0.2, 0) is 25.6 Å². The van der Waals surface area contributed by atoms with Crippen LogP contribution in [0.4, 0.5) is 0 Å². The third kappa shape index (κ3) is 25.0. The first-order chi connectivity index (χ1) is 20.4. The molecule has 14 heteroatoms. The van der Waals surface area contributed by atoms with Gasteiger partial charge in [0.25, 0.3) is 0 Å². The van der Waals surface area contributed by atoms with Crippen LogP contribution < -0.4 is 38.5 Å². The second-order valence-electron chi connectivity index (χ2n) is 10.2. The fraction of sp³-hybridized carbons (Fsp3) is 0.724. The first-order valence-corrected chi connectivity index (χ1v) is 15.0. The Morgan fingerprint density at radius 1 is 0.814 bits per heavy atom. The molecule has 14 nitrogen and oxygen atoms in total. The number of Topliss-reactive ketones (excluding diaryl/α,β-unsaturated/α-hetero) is 3. The smallest absolute Gasteiger partial charge is 0.225 e. The molecule has 0 aliphatic heterocycles. The number of ketones is 3. The predicted octanol–water partition coefficient (Wildman–Crippen LogP) is -0.0749. The zero-order valence-corrected chi connectivity index (χ0v) is 27.1. The summed E-state index contributed by atoms with van der Waals surface area (Å²) >= 11 is 0. The van der Waals surface area contributed by atoms with Gasteiger partial charge in [-0.2, -0.15) is 0 Å². The van der Waals surface area contributed by atoms with E-state index in [1.165, 1.54) is 0 Å². The SMILES string of the molecule is CNC(CCCCN)C(C)=O.CNC(CCCCNC(=O)Cc1cnc[nH]1)C(C)=O.CNC(CCCN=C(N)N)C(C)=O. The number of guanidine groups is 1. The van der Waals surface area contributed by atoms with Crippen molar-refractivity contribution in [1.29, 1.82) is 0 Å². The van der Waals surface area contributed by atoms with Crippen molar-refractivity contribution in [3.63, 3.8) is 0 Å². The van der Waals surface area contributed by atoms with E-state index in [-0.39, 0.29) is 47.3 Å². The van der Waals surface area contributed by atoms with Gasteiger partial charge >= 0.3 is 0 Å². The number of likely N-dealkylation sites (N-methyl/N-ethyl adjacent to an activating group) is 3. The number of nitrogens with one attached hydrogen (secondary N) is 5. The normalized spacial score (nSPS) is 12.3. The summed E-state index contributed by atoms with van der Waals surface area (Å²) in [7, 11) is 5.37. The zero-order chi connectivity index (χ0) is 33.0. The lowest BCUT2D eigenvalue weighted by molar-refractivity contribution is -0.121. The molecule has 3 atom stereocenters. The summed E-state index contributed by atoms with van der Waals surface area (Å²) in [5.74, 6) is 0.604. The van der Waals surface area contributed by atoms with Crippen LogP contribution in [-0.4, -0.2) is 98.1 Å². The van der Waals surface area contributed by atoms with Gasteiger partial charge in [-0.1, -0.05) is 6.42 Å². The van der Waals surface area contributed by atoms with Crippen molar-refractivity contribution < 1.29 is 19.2 Å². The highest BCUT2D eigenvalue weighted by Gasteiger charge is 2.11. The summed E-state index contributed by atoms with van der Waals surface area (Å²) in [5.41, 5.74) is 16.4. The van der Waals surface area contributed by atoms with Gasteiger partial charge in [-0.15, -0.1) is 0 Å². The molecule has 11 N–H and O–H groups in total. The van der Waals surface area contributed by atoms with Crippen molar-refractivity contribution in [2.75, 3.05) is 40.8 Å². The van der Waals surface area contributed by atoms with Crippen LogP contribution in [0.15, 0.2) is 17.5 Å². The lowest BCUT2D eigenvalue weighted by Crippen LogP contribution is -2.32. The molecule has 1 heterocycles. The minimum absolute atomic E-state index is 0.0130. The van der Waals surface area contributed by atoms with E-state index in [0.717, 1.165) is 57.1 Å². The summed E-state index contributed by atoms with van der Waals surface area (Å²) in [4.78, 5) is 55.1. The molecule has 1 aromatic rings. The van der Waals surface area contributed by atoms with E-state index in [1.54, 1.807) is 47.4 Å². The van der Waals surface area contributed by atoms with Crippen LogP contribution >= 0.6 is 0 Å². The highest BCUT2D eigenvalue weighted by Crippen LogP contribution is 2.02. The van der Waals surface area contributed by atoms with E-state index >= 15 is 0 Å². The summed E-state index contributed by atoms with van der Waals surface area (Å²) in [5, 5.41) is 11.7. The van der Waals surface area contributed by atoms with Crippen LogP contribution in [0.2, 0.25) is 0 Å². The maximum Gasteiger partial charge on any atom is 0.225 e. The Balaban J connectivity index is 0. The number of H-pyrrole nitrogens is 1. The average Bonchev–Trinajstić information content (AvgIpc) is 3.46. The van der Waals surface area contributed by atoms with E-state index in [0.29, 0.717) is 26.1 Å². The molecule has 0 radical (unpaired) electrons. The van der Waals surface area contributed by atoms with Crippen molar-refractivity contribution in [3.05, 3.63) is 18.2 Å². The number of aromatic nitrogens is 2.